The van der Waals surface area contributed by atoms with E-state index in [1.807, 2.05) is 29.8 Å². The largest absolute Gasteiger partial charge is 0.364 e. The Hall–Kier alpha value is -1.77. The third kappa shape index (κ3) is 5.62. The molecule has 7 nitrogen and oxygen atoms in total. The van der Waals surface area contributed by atoms with Crippen molar-refractivity contribution in [2.45, 2.75) is 33.4 Å². The average Bonchev–Trinajstić information content (AvgIpc) is 2.97. The molecular weight excluding hydrogens is 383 g/mol. The Balaban J connectivity index is 0.000000511. The lowest BCUT2D eigenvalue weighted by Crippen LogP contribution is -2.07. The van der Waals surface area contributed by atoms with Crippen molar-refractivity contribution in [3.05, 3.63) is 41.7 Å². The molecule has 10 heteroatoms. The zero-order chi connectivity index (χ0) is 18.4. The van der Waals surface area contributed by atoms with E-state index in [4.69, 9.17) is 4.21 Å². The topological polar surface area (TPSA) is 85.6 Å². The second-order valence-corrected chi connectivity index (χ2v) is 7.97. The number of fused-ring (bicyclic) bond motifs is 1. The number of aryl methyl sites for hydroxylation is 1. The van der Waals surface area contributed by atoms with Gasteiger partial charge in [-0.2, -0.15) is 0 Å². The fraction of sp³-hybridized carbons (Fsp3) is 0.333. The fourth-order valence-electron chi connectivity index (χ4n) is 2.19. The zero-order valence-corrected chi connectivity index (χ0v) is 16.3. The van der Waals surface area contributed by atoms with Crippen molar-refractivity contribution < 1.29 is 4.21 Å². The summed E-state index contributed by atoms with van der Waals surface area (Å²) < 4.78 is 10.9. The highest BCUT2D eigenvalue weighted by Crippen LogP contribution is 2.20. The van der Waals surface area contributed by atoms with Crippen LogP contribution in [0.5, 0.6) is 0 Å². The maximum Gasteiger partial charge on any atom is 0.211 e. The first-order valence-corrected chi connectivity index (χ1v) is 10.3. The Bertz CT molecular complexity index is 852. The van der Waals surface area contributed by atoms with Crippen molar-refractivity contribution in [2.75, 3.05) is 5.32 Å². The summed E-state index contributed by atoms with van der Waals surface area (Å²) in [5, 5.41) is 11.7. The minimum atomic E-state index is -1.67. The monoisotopic (exact) mass is 400 g/mol. The van der Waals surface area contributed by atoms with E-state index in [1.165, 1.54) is 5.56 Å². The molecule has 2 aromatic heterocycles. The molecule has 0 fully saturated rings. The first kappa shape index (κ1) is 19.6. The number of rotatable bonds is 4. The van der Waals surface area contributed by atoms with Crippen molar-refractivity contribution in [1.29, 1.82) is 0 Å². The summed E-state index contributed by atoms with van der Waals surface area (Å²) >= 11 is 0. The molecule has 0 amide bonds. The second-order valence-electron chi connectivity index (χ2n) is 5.44. The van der Waals surface area contributed by atoms with Crippen molar-refractivity contribution in [3.63, 3.8) is 0 Å². The first-order chi connectivity index (χ1) is 11.9. The molecular formula is C15H18Cl2N6OS. The van der Waals surface area contributed by atoms with Crippen molar-refractivity contribution in [3.8, 4) is 0 Å². The Morgan fingerprint density at radius 2 is 1.84 bits per heavy atom. The van der Waals surface area contributed by atoms with Gasteiger partial charge in [-0.1, -0.05) is 35.5 Å². The van der Waals surface area contributed by atoms with Crippen LogP contribution in [0.2, 0.25) is 0 Å². The number of hydrogen-bond acceptors (Lipinski definition) is 6. The molecule has 1 N–H and O–H groups in total. The normalized spacial score (nSPS) is 10.8. The third-order valence-corrected chi connectivity index (χ3v) is 3.23. The summed E-state index contributed by atoms with van der Waals surface area (Å²) in [6.07, 6.45) is 0. The van der Waals surface area contributed by atoms with E-state index < -0.39 is 9.23 Å². The number of hydrogen-bond donors (Lipinski definition) is 1. The van der Waals surface area contributed by atoms with Gasteiger partial charge in [-0.05, 0) is 26.3 Å². The predicted molar refractivity (Wildman–Crippen MR) is 102 cm³/mol. The second kappa shape index (κ2) is 9.07. The van der Waals surface area contributed by atoms with Crippen LogP contribution >= 0.6 is 21.4 Å². The van der Waals surface area contributed by atoms with Crippen LogP contribution in [-0.4, -0.2) is 29.2 Å². The van der Waals surface area contributed by atoms with Gasteiger partial charge >= 0.3 is 0 Å². The van der Waals surface area contributed by atoms with E-state index in [2.05, 4.69) is 72.9 Å². The van der Waals surface area contributed by atoms with Gasteiger partial charge in [0.2, 0.25) is 9.23 Å². The fourth-order valence-corrected chi connectivity index (χ4v) is 2.19. The lowest BCUT2D eigenvalue weighted by atomic mass is 10.2. The minimum Gasteiger partial charge on any atom is -0.364 e. The molecule has 0 saturated heterocycles. The Morgan fingerprint density at radius 3 is 2.44 bits per heavy atom. The van der Waals surface area contributed by atoms with Crippen LogP contribution in [-0.2, 0) is 15.8 Å². The lowest BCUT2D eigenvalue weighted by molar-refractivity contribution is 0.526. The van der Waals surface area contributed by atoms with Gasteiger partial charge in [0.05, 0.1) is 6.04 Å². The standard InChI is InChI=1S/C15H18N6.Cl2OS/c1-10(2)21-15-13(19-20-21)14(17-11(3)18-15)16-9-12-7-5-4-6-8-12;1-4(2)3/h4-8,10H,9H2,1-3H3,(H,16,17,18);. The Kier molecular flexibility index (Phi) is 7.10. The van der Waals surface area contributed by atoms with E-state index in [0.29, 0.717) is 17.9 Å². The summed E-state index contributed by atoms with van der Waals surface area (Å²) in [6, 6.07) is 10.4. The van der Waals surface area contributed by atoms with Gasteiger partial charge in [0.1, 0.15) is 5.82 Å². The van der Waals surface area contributed by atoms with Crippen LogP contribution in [0.1, 0.15) is 31.3 Å². The molecule has 0 aliphatic carbocycles. The molecule has 0 aliphatic heterocycles. The lowest BCUT2D eigenvalue weighted by Gasteiger charge is -2.08. The van der Waals surface area contributed by atoms with E-state index >= 15 is 0 Å². The average molecular weight is 401 g/mol. The number of aromatic nitrogens is 5. The van der Waals surface area contributed by atoms with Crippen LogP contribution in [0.25, 0.3) is 11.2 Å². The van der Waals surface area contributed by atoms with Crippen molar-refractivity contribution >= 4 is 47.6 Å². The number of halogens is 2. The van der Waals surface area contributed by atoms with E-state index in [9.17, 15) is 0 Å². The summed E-state index contributed by atoms with van der Waals surface area (Å²) in [5.74, 6) is 1.44. The molecule has 25 heavy (non-hydrogen) atoms. The van der Waals surface area contributed by atoms with Crippen LogP contribution in [0, 0.1) is 6.92 Å². The van der Waals surface area contributed by atoms with E-state index in [1.54, 1.807) is 0 Å². The van der Waals surface area contributed by atoms with E-state index in [0.717, 1.165) is 11.5 Å². The molecule has 3 aromatic rings. The highest BCUT2D eigenvalue weighted by Gasteiger charge is 2.14. The number of nitrogens with zero attached hydrogens (tertiary/aromatic N) is 5. The summed E-state index contributed by atoms with van der Waals surface area (Å²) in [7, 11) is 7.36. The molecule has 0 bridgehead atoms. The molecule has 1 aromatic carbocycles. The summed E-state index contributed by atoms with van der Waals surface area (Å²) in [5.41, 5.74) is 2.68. The first-order valence-electron chi connectivity index (χ1n) is 7.50. The molecule has 0 spiro atoms. The van der Waals surface area contributed by atoms with E-state index in [-0.39, 0.29) is 6.04 Å². The number of benzene rings is 1. The smallest absolute Gasteiger partial charge is 0.211 e. The maximum absolute atomic E-state index is 9.09. The minimum absolute atomic E-state index is 0.214. The van der Waals surface area contributed by atoms with Crippen molar-refractivity contribution in [1.82, 2.24) is 25.0 Å². The molecule has 0 radical (unpaired) electrons. The summed E-state index contributed by atoms with van der Waals surface area (Å²) in [4.78, 5) is 8.91. The quantitative estimate of drug-likeness (QED) is 0.670. The van der Waals surface area contributed by atoms with Gasteiger partial charge in [-0.15, -0.1) is 5.10 Å². The van der Waals surface area contributed by atoms with Gasteiger partial charge in [0.15, 0.2) is 17.0 Å². The van der Waals surface area contributed by atoms with Gasteiger partial charge in [0, 0.05) is 27.9 Å². The number of nitrogens with one attached hydrogen (secondary N) is 1. The van der Waals surface area contributed by atoms with Crippen LogP contribution in [0.15, 0.2) is 30.3 Å². The molecule has 3 rings (SSSR count). The highest BCUT2D eigenvalue weighted by molar-refractivity contribution is 8.26. The van der Waals surface area contributed by atoms with Crippen LogP contribution in [0.4, 0.5) is 5.82 Å². The summed E-state index contributed by atoms with van der Waals surface area (Å²) in [6.45, 7) is 6.69. The highest BCUT2D eigenvalue weighted by atomic mass is 36.0. The third-order valence-electron chi connectivity index (χ3n) is 3.23. The van der Waals surface area contributed by atoms with Gasteiger partial charge in [-0.25, -0.2) is 18.9 Å². The van der Waals surface area contributed by atoms with Crippen molar-refractivity contribution in [2.24, 2.45) is 0 Å². The zero-order valence-electron chi connectivity index (χ0n) is 14.0. The van der Waals surface area contributed by atoms with Gasteiger partial charge in [-0.3, -0.25) is 0 Å². The molecule has 134 valence electrons. The Morgan fingerprint density at radius 1 is 1.20 bits per heavy atom. The van der Waals surface area contributed by atoms with Crippen LogP contribution < -0.4 is 5.32 Å². The molecule has 0 saturated carbocycles. The predicted octanol–water partition coefficient (Wildman–Crippen LogP) is 3.77. The SMILES string of the molecule is Cc1nc(NCc2ccccc2)c2nnn(C(C)C)c2n1.O=S(Cl)Cl. The molecule has 2 heterocycles. The van der Waals surface area contributed by atoms with Crippen LogP contribution in [0.3, 0.4) is 0 Å². The Labute approximate surface area is 157 Å². The van der Waals surface area contributed by atoms with Gasteiger partial charge < -0.3 is 5.32 Å². The molecule has 0 atom stereocenters. The maximum atomic E-state index is 9.09. The van der Waals surface area contributed by atoms with Gasteiger partial charge in [0.25, 0.3) is 0 Å². The number of anilines is 1. The molecule has 0 unspecified atom stereocenters. The molecule has 0 aliphatic rings.